The number of benzene rings is 5. The van der Waals surface area contributed by atoms with E-state index in [0.29, 0.717) is 12.4 Å². The summed E-state index contributed by atoms with van der Waals surface area (Å²) >= 11 is 1.89. The van der Waals surface area contributed by atoms with Crippen molar-refractivity contribution in [2.75, 3.05) is 6.54 Å². The molecule has 0 N–H and O–H groups in total. The van der Waals surface area contributed by atoms with Crippen molar-refractivity contribution in [1.82, 2.24) is 9.13 Å². The van der Waals surface area contributed by atoms with Crippen LogP contribution in [0.5, 0.6) is 0 Å². The Labute approximate surface area is 442 Å². The molecule has 2 aromatic heterocycles. The molecule has 368 valence electrons. The Morgan fingerprint density at radius 2 is 1.55 bits per heavy atom. The number of nitrogens with zero attached hydrogens (tertiary/aromatic N) is 6. The van der Waals surface area contributed by atoms with Crippen LogP contribution in [0.2, 0.25) is 0 Å². The van der Waals surface area contributed by atoms with Gasteiger partial charge in [0.05, 0.1) is 22.3 Å². The summed E-state index contributed by atoms with van der Waals surface area (Å²) in [4.78, 5) is 21.6. The molecule has 7 aromatic rings. The number of aryl methyl sites for hydroxylation is 1. The first-order valence-electron chi connectivity index (χ1n) is 25.7. The monoisotopic (exact) mass is 985 g/mol. The van der Waals surface area contributed by atoms with Gasteiger partial charge < -0.3 is 4.57 Å². The van der Waals surface area contributed by atoms with Gasteiger partial charge in [-0.15, -0.1) is 0 Å². The van der Waals surface area contributed by atoms with Crippen LogP contribution in [-0.4, -0.2) is 34.1 Å². The quantitative estimate of drug-likeness (QED) is 0.0850. The number of thioether (sulfide) groups is 1. The molecule has 2 aliphatic heterocycles. The van der Waals surface area contributed by atoms with Crippen LogP contribution >= 0.6 is 11.8 Å². The first-order chi connectivity index (χ1) is 36.5. The minimum absolute atomic E-state index is 0.332. The van der Waals surface area contributed by atoms with E-state index in [-0.39, 0.29) is 6.04 Å². The molecule has 1 unspecified atom stereocenters. The summed E-state index contributed by atoms with van der Waals surface area (Å²) in [6.45, 7) is 17.9. The maximum Gasteiger partial charge on any atom is 0.427 e. The highest BCUT2D eigenvalue weighted by atomic mass is 32.2. The number of allylic oxidation sites excluding steroid dienone is 14. The van der Waals surface area contributed by atoms with Crippen molar-refractivity contribution in [2.45, 2.75) is 64.8 Å². The van der Waals surface area contributed by atoms with E-state index in [1.165, 1.54) is 64.9 Å². The van der Waals surface area contributed by atoms with Gasteiger partial charge in [-0.05, 0) is 83.3 Å². The van der Waals surface area contributed by atoms with Crippen LogP contribution in [0.3, 0.4) is 0 Å². The normalized spacial score (nSPS) is 15.0. The van der Waals surface area contributed by atoms with E-state index in [2.05, 4.69) is 172 Å². The molecule has 74 heavy (non-hydrogen) atoms. The number of fused-ring (bicyclic) bond motifs is 11. The molecule has 6 nitrogen and oxygen atoms in total. The van der Waals surface area contributed by atoms with Crippen LogP contribution in [0.15, 0.2) is 249 Å². The van der Waals surface area contributed by atoms with Crippen molar-refractivity contribution in [2.24, 2.45) is 22.0 Å². The summed E-state index contributed by atoms with van der Waals surface area (Å²) < 4.78 is 4.81. The number of hydrogen-bond donors (Lipinski definition) is 0. The Kier molecular flexibility index (Phi) is 17.8. The molecule has 7 heteroatoms. The standard InChI is InChI=1S/C39H29N3S.C24H24N3.2C2H6/c1-41-33-15-8-5-13-31(33)38-35(41)22-21-30-29-12-3-2-4-16-34(29)42(39(30)38)37-18-10-7-14-32(40-37)25-19-20-27-24-26(23-25)28-11-6-9-17-36(28)43-27;1-4-6-13-20(5-2)18-26-24(22-16-11-8-12-17-22)27-19-23(25-3)21-14-9-7-10-15-21;2*1-2/h2-15,17,19-23H,16,18,24H2,1H3;4-17,23H,1,3,18H2,2H3;2*1-2H3/q;+1;;/b;13-6-,20-5+,26-24?;;. The van der Waals surface area contributed by atoms with E-state index in [0.717, 1.165) is 53.1 Å². The summed E-state index contributed by atoms with van der Waals surface area (Å²) in [6.07, 6.45) is 32.6. The van der Waals surface area contributed by atoms with Crippen LogP contribution in [0.1, 0.15) is 81.4 Å². The van der Waals surface area contributed by atoms with E-state index >= 15 is 0 Å². The highest BCUT2D eigenvalue weighted by Gasteiger charge is 2.25. The fraction of sp³-hybridized carbons (Fsp3) is 0.164. The zero-order valence-electron chi connectivity index (χ0n) is 43.5. The van der Waals surface area contributed by atoms with Gasteiger partial charge in [-0.2, -0.15) is 4.85 Å². The molecule has 1 atom stereocenters. The SMILES string of the molecule is C=C/C=C\C(=C/C)CN=C([N+]#CC(N=C)c1ccccc1)c1ccccc1.CC.CC.Cn1c2ccccc2c2c3c(ccc21)c1c(n3C2=NC(C3=CC=C4CC(=C3)c3ccccc3S4)=CC=CC2)CC=CC=C1. The minimum Gasteiger partial charge on any atom is -0.344 e. The zero-order chi connectivity index (χ0) is 51.8. The molecule has 0 saturated carbocycles. The van der Waals surface area contributed by atoms with Crippen molar-refractivity contribution in [3.8, 4) is 6.07 Å². The third-order valence-corrected chi connectivity index (χ3v) is 14.0. The number of amidine groups is 1. The van der Waals surface area contributed by atoms with Gasteiger partial charge in [-0.1, -0.05) is 215 Å². The Morgan fingerprint density at radius 3 is 2.34 bits per heavy atom. The summed E-state index contributed by atoms with van der Waals surface area (Å²) in [7, 11) is 2.18. The van der Waals surface area contributed by atoms with E-state index in [1.807, 2.05) is 125 Å². The molecule has 2 aliphatic carbocycles. The first-order valence-corrected chi connectivity index (χ1v) is 26.6. The van der Waals surface area contributed by atoms with E-state index in [1.54, 1.807) is 6.08 Å². The molecule has 2 bridgehead atoms. The predicted octanol–water partition coefficient (Wildman–Crippen LogP) is 17.9. The van der Waals surface area contributed by atoms with Gasteiger partial charge in [0.15, 0.2) is 18.7 Å². The molecule has 5 aromatic carbocycles. The molecule has 0 saturated heterocycles. The van der Waals surface area contributed by atoms with Crippen molar-refractivity contribution in [3.05, 3.63) is 261 Å². The van der Waals surface area contributed by atoms with Crippen LogP contribution in [0.25, 0.3) is 49.2 Å². The number of para-hydroxylation sites is 1. The predicted molar refractivity (Wildman–Crippen MR) is 323 cm³/mol. The zero-order valence-corrected chi connectivity index (χ0v) is 44.4. The molecule has 4 aliphatic rings. The van der Waals surface area contributed by atoms with Crippen LogP contribution in [-0.2, 0) is 13.5 Å². The fourth-order valence-electron chi connectivity index (χ4n) is 9.47. The Balaban J connectivity index is 0.000000204. The highest BCUT2D eigenvalue weighted by Crippen LogP contribution is 2.46. The van der Waals surface area contributed by atoms with Crippen molar-refractivity contribution < 1.29 is 0 Å². The van der Waals surface area contributed by atoms with Gasteiger partial charge in [0.1, 0.15) is 5.84 Å². The van der Waals surface area contributed by atoms with Gasteiger partial charge >= 0.3 is 5.84 Å². The molecule has 4 heterocycles. The van der Waals surface area contributed by atoms with Crippen LogP contribution in [0, 0.1) is 6.07 Å². The second-order valence-electron chi connectivity index (χ2n) is 17.2. The second kappa shape index (κ2) is 25.4. The van der Waals surface area contributed by atoms with Gasteiger partial charge in [0, 0.05) is 69.7 Å². The van der Waals surface area contributed by atoms with E-state index in [9.17, 15) is 0 Å². The summed E-state index contributed by atoms with van der Waals surface area (Å²) in [5.74, 6) is 1.68. The molecule has 0 amide bonds. The van der Waals surface area contributed by atoms with Gasteiger partial charge in [-0.3, -0.25) is 9.56 Å². The smallest absolute Gasteiger partial charge is 0.344 e. The Hall–Kier alpha value is -8.31. The first kappa shape index (κ1) is 52.0. The van der Waals surface area contributed by atoms with Crippen molar-refractivity contribution in [3.63, 3.8) is 0 Å². The number of hydrogen-bond acceptors (Lipinski definition) is 4. The average molecular weight is 986 g/mol. The topological polar surface area (TPSA) is 51.3 Å². The van der Waals surface area contributed by atoms with Crippen LogP contribution in [0.4, 0.5) is 0 Å². The summed E-state index contributed by atoms with van der Waals surface area (Å²) in [6, 6.07) is 44.6. The lowest BCUT2D eigenvalue weighted by atomic mass is 9.99. The van der Waals surface area contributed by atoms with Crippen molar-refractivity contribution >= 4 is 74.5 Å². The molecule has 0 spiro atoms. The molecule has 0 fully saturated rings. The van der Waals surface area contributed by atoms with Crippen molar-refractivity contribution in [1.29, 1.82) is 0 Å². The molecular weight excluding hydrogens is 921 g/mol. The highest BCUT2D eigenvalue weighted by molar-refractivity contribution is 8.03. The molecular formula is C67H65N6S+. The lowest BCUT2D eigenvalue weighted by Gasteiger charge is -2.20. The molecule has 0 radical (unpaired) electrons. The van der Waals surface area contributed by atoms with Gasteiger partial charge in [-0.25, -0.2) is 4.99 Å². The third kappa shape index (κ3) is 11.3. The van der Waals surface area contributed by atoms with Crippen LogP contribution < -0.4 is 0 Å². The Morgan fingerprint density at radius 1 is 0.811 bits per heavy atom. The Bertz CT molecular complexity index is 3620. The van der Waals surface area contributed by atoms with Gasteiger partial charge in [0.2, 0.25) is 0 Å². The summed E-state index contributed by atoms with van der Waals surface area (Å²) in [5.41, 5.74) is 14.2. The number of aromatic nitrogens is 2. The largest absolute Gasteiger partial charge is 0.427 e. The lowest BCUT2D eigenvalue weighted by Crippen LogP contribution is -2.15. The fourth-order valence-corrected chi connectivity index (χ4v) is 10.6. The lowest BCUT2D eigenvalue weighted by molar-refractivity contribution is 0.955. The molecule has 11 rings (SSSR count). The maximum absolute atomic E-state index is 5.51. The number of aliphatic imine (C=N–C) groups is 3. The van der Waals surface area contributed by atoms with E-state index in [4.69, 9.17) is 4.99 Å². The summed E-state index contributed by atoms with van der Waals surface area (Å²) in [5, 5.41) is 3.86. The maximum atomic E-state index is 5.51. The number of rotatable bonds is 8. The third-order valence-electron chi connectivity index (χ3n) is 12.9. The van der Waals surface area contributed by atoms with Gasteiger partial charge in [0.25, 0.3) is 0 Å². The average Bonchev–Trinajstić information content (AvgIpc) is 3.63. The second-order valence-corrected chi connectivity index (χ2v) is 18.4. The van der Waals surface area contributed by atoms with E-state index < -0.39 is 0 Å². The minimum atomic E-state index is -0.332.